The Bertz CT molecular complexity index is 625. The molecule has 0 amide bonds. The highest BCUT2D eigenvalue weighted by Gasteiger charge is 2.17. The Hall–Kier alpha value is -1.35. The van der Waals surface area contributed by atoms with Gasteiger partial charge in [-0.15, -0.1) is 0 Å². The lowest BCUT2D eigenvalue weighted by Crippen LogP contribution is -2.03. The van der Waals surface area contributed by atoms with Crippen LogP contribution in [0.2, 0.25) is 5.02 Å². The summed E-state index contributed by atoms with van der Waals surface area (Å²) in [4.78, 5) is 4.55. The fourth-order valence-electron chi connectivity index (χ4n) is 2.69. The molecule has 2 N–H and O–H groups in total. The minimum Gasteiger partial charge on any atom is -0.398 e. The first-order chi connectivity index (χ1) is 8.66. The second-order valence-corrected chi connectivity index (χ2v) is 5.20. The van der Waals surface area contributed by atoms with E-state index in [9.17, 15) is 4.39 Å². The molecule has 94 valence electrons. The Morgan fingerprint density at radius 2 is 1.94 bits per heavy atom. The van der Waals surface area contributed by atoms with E-state index in [0.717, 1.165) is 36.9 Å². The molecule has 3 rings (SSSR count). The first kappa shape index (κ1) is 11.7. The lowest BCUT2D eigenvalue weighted by atomic mass is 10.0. The summed E-state index contributed by atoms with van der Waals surface area (Å²) < 4.78 is 13.4. The number of anilines is 1. The fraction of sp³-hybridized carbons (Fsp3) is 0.357. The van der Waals surface area contributed by atoms with E-state index in [1.165, 1.54) is 18.6 Å². The molecule has 0 spiro atoms. The predicted octanol–water partition coefficient (Wildman–Crippen LogP) is 3.88. The number of halogens is 2. The van der Waals surface area contributed by atoms with Gasteiger partial charge in [0.1, 0.15) is 5.82 Å². The van der Waals surface area contributed by atoms with Crippen molar-refractivity contribution in [2.24, 2.45) is 0 Å². The van der Waals surface area contributed by atoms with Gasteiger partial charge in [-0.3, -0.25) is 4.98 Å². The number of fused-ring (bicyclic) bond motifs is 2. The van der Waals surface area contributed by atoms with Gasteiger partial charge in [0.05, 0.1) is 10.5 Å². The third kappa shape index (κ3) is 1.83. The van der Waals surface area contributed by atoms with Crippen molar-refractivity contribution in [1.82, 2.24) is 4.98 Å². The summed E-state index contributed by atoms with van der Waals surface area (Å²) in [5.41, 5.74) is 9.58. The second-order valence-electron chi connectivity index (χ2n) is 4.79. The van der Waals surface area contributed by atoms with E-state index < -0.39 is 0 Å². The summed E-state index contributed by atoms with van der Waals surface area (Å²) in [5, 5.41) is 1.04. The lowest BCUT2D eigenvalue weighted by Gasteiger charge is -2.13. The Labute approximate surface area is 110 Å². The van der Waals surface area contributed by atoms with Gasteiger partial charge in [0.15, 0.2) is 0 Å². The molecule has 0 aliphatic heterocycles. The molecule has 0 saturated heterocycles. The molecule has 1 heterocycles. The quantitative estimate of drug-likeness (QED) is 0.734. The van der Waals surface area contributed by atoms with Gasteiger partial charge in [0.25, 0.3) is 0 Å². The highest BCUT2D eigenvalue weighted by molar-refractivity contribution is 6.36. The van der Waals surface area contributed by atoms with Gasteiger partial charge in [-0.05, 0) is 37.3 Å². The topological polar surface area (TPSA) is 38.9 Å². The van der Waals surface area contributed by atoms with E-state index in [1.807, 2.05) is 0 Å². The molecule has 4 heteroatoms. The highest BCUT2D eigenvalue weighted by atomic mass is 35.5. The van der Waals surface area contributed by atoms with E-state index in [0.29, 0.717) is 21.6 Å². The van der Waals surface area contributed by atoms with Crippen LogP contribution in [-0.4, -0.2) is 4.98 Å². The number of nitrogens with zero attached hydrogens (tertiary/aromatic N) is 1. The van der Waals surface area contributed by atoms with Gasteiger partial charge in [-0.2, -0.15) is 0 Å². The summed E-state index contributed by atoms with van der Waals surface area (Å²) in [7, 11) is 0. The van der Waals surface area contributed by atoms with Gasteiger partial charge in [-0.25, -0.2) is 4.39 Å². The molecule has 18 heavy (non-hydrogen) atoms. The molecule has 1 aliphatic rings. The van der Waals surface area contributed by atoms with Crippen LogP contribution in [0.4, 0.5) is 10.1 Å². The molecule has 0 bridgehead atoms. The van der Waals surface area contributed by atoms with Crippen LogP contribution < -0.4 is 5.73 Å². The highest BCUT2D eigenvalue weighted by Crippen LogP contribution is 2.34. The first-order valence-corrected chi connectivity index (χ1v) is 6.60. The first-order valence-electron chi connectivity index (χ1n) is 6.23. The van der Waals surface area contributed by atoms with E-state index >= 15 is 0 Å². The van der Waals surface area contributed by atoms with Gasteiger partial charge in [-0.1, -0.05) is 18.0 Å². The van der Waals surface area contributed by atoms with Crippen LogP contribution in [-0.2, 0) is 12.8 Å². The fourth-order valence-corrected chi connectivity index (χ4v) is 2.99. The maximum absolute atomic E-state index is 13.4. The SMILES string of the molecule is Nc1c2c(nc3cc(F)cc(Cl)c13)CCCCC2. The van der Waals surface area contributed by atoms with Crippen molar-refractivity contribution in [2.75, 3.05) is 5.73 Å². The van der Waals surface area contributed by atoms with E-state index in [2.05, 4.69) is 4.98 Å². The Balaban J connectivity index is 2.34. The van der Waals surface area contributed by atoms with E-state index in [1.54, 1.807) is 0 Å². The molecular weight excluding hydrogens is 251 g/mol. The van der Waals surface area contributed by atoms with Gasteiger partial charge in [0.2, 0.25) is 0 Å². The summed E-state index contributed by atoms with van der Waals surface area (Å²) >= 11 is 6.09. The van der Waals surface area contributed by atoms with Crippen molar-refractivity contribution in [3.8, 4) is 0 Å². The van der Waals surface area contributed by atoms with Crippen LogP contribution in [0.3, 0.4) is 0 Å². The monoisotopic (exact) mass is 264 g/mol. The van der Waals surface area contributed by atoms with E-state index in [-0.39, 0.29) is 5.82 Å². The molecule has 0 unspecified atom stereocenters. The minimum absolute atomic E-state index is 0.349. The summed E-state index contributed by atoms with van der Waals surface area (Å²) in [6, 6.07) is 2.70. The van der Waals surface area contributed by atoms with Crippen LogP contribution in [0.5, 0.6) is 0 Å². The number of pyridine rings is 1. The summed E-state index contributed by atoms with van der Waals surface area (Å²) in [5.74, 6) is -0.368. The molecule has 0 radical (unpaired) electrons. The Morgan fingerprint density at radius 1 is 1.17 bits per heavy atom. The maximum Gasteiger partial charge on any atom is 0.126 e. The number of benzene rings is 1. The largest absolute Gasteiger partial charge is 0.398 e. The number of hydrogen-bond donors (Lipinski definition) is 1. The maximum atomic E-state index is 13.4. The molecular formula is C14H14ClFN2. The number of nitrogen functional groups attached to an aromatic ring is 1. The molecule has 0 fully saturated rings. The third-order valence-corrected chi connectivity index (χ3v) is 3.87. The molecule has 0 atom stereocenters. The molecule has 2 nitrogen and oxygen atoms in total. The summed E-state index contributed by atoms with van der Waals surface area (Å²) in [6.07, 6.45) is 5.30. The van der Waals surface area contributed by atoms with Crippen molar-refractivity contribution in [1.29, 1.82) is 0 Å². The lowest BCUT2D eigenvalue weighted by molar-refractivity contribution is 0.629. The Morgan fingerprint density at radius 3 is 2.78 bits per heavy atom. The number of rotatable bonds is 0. The third-order valence-electron chi connectivity index (χ3n) is 3.57. The molecule has 2 aromatic rings. The van der Waals surface area contributed by atoms with Crippen molar-refractivity contribution >= 4 is 28.2 Å². The standard InChI is InChI=1S/C14H14ClFN2/c15-10-6-8(16)7-12-13(10)14(17)9-4-2-1-3-5-11(9)18-12/h6-7H,1-5H2,(H2,17,18). The zero-order valence-electron chi connectivity index (χ0n) is 9.97. The number of hydrogen-bond acceptors (Lipinski definition) is 2. The van der Waals surface area contributed by atoms with Crippen LogP contribution >= 0.6 is 11.6 Å². The van der Waals surface area contributed by atoms with E-state index in [4.69, 9.17) is 17.3 Å². The van der Waals surface area contributed by atoms with Crippen LogP contribution in [0.15, 0.2) is 12.1 Å². The smallest absolute Gasteiger partial charge is 0.126 e. The average Bonchev–Trinajstić information content (AvgIpc) is 2.53. The van der Waals surface area contributed by atoms with Gasteiger partial charge >= 0.3 is 0 Å². The number of nitrogens with two attached hydrogens (primary N) is 1. The minimum atomic E-state index is -0.368. The zero-order valence-corrected chi connectivity index (χ0v) is 10.7. The number of aromatic nitrogens is 1. The van der Waals surface area contributed by atoms with Crippen molar-refractivity contribution in [3.63, 3.8) is 0 Å². The van der Waals surface area contributed by atoms with Crippen molar-refractivity contribution in [3.05, 3.63) is 34.2 Å². The van der Waals surface area contributed by atoms with Gasteiger partial charge in [0, 0.05) is 22.8 Å². The normalized spacial score (nSPS) is 15.4. The zero-order chi connectivity index (χ0) is 12.7. The number of aryl methyl sites for hydroxylation is 1. The average molecular weight is 265 g/mol. The Kier molecular flexibility index (Phi) is 2.86. The molecule has 1 aliphatic carbocycles. The van der Waals surface area contributed by atoms with Crippen molar-refractivity contribution in [2.45, 2.75) is 32.1 Å². The van der Waals surface area contributed by atoms with Crippen LogP contribution in [0.25, 0.3) is 10.9 Å². The predicted molar refractivity (Wildman–Crippen MR) is 72.4 cm³/mol. The molecule has 0 saturated carbocycles. The van der Waals surface area contributed by atoms with Crippen LogP contribution in [0.1, 0.15) is 30.5 Å². The molecule has 1 aromatic heterocycles. The second kappa shape index (κ2) is 4.39. The van der Waals surface area contributed by atoms with Crippen LogP contribution in [0, 0.1) is 5.82 Å². The molecule has 1 aromatic carbocycles. The summed E-state index contributed by atoms with van der Waals surface area (Å²) in [6.45, 7) is 0. The van der Waals surface area contributed by atoms with Crippen molar-refractivity contribution < 1.29 is 4.39 Å². The van der Waals surface area contributed by atoms with Gasteiger partial charge < -0.3 is 5.73 Å².